The van der Waals surface area contributed by atoms with Gasteiger partial charge in [-0.05, 0) is 25.2 Å². The van der Waals surface area contributed by atoms with Crippen LogP contribution in [0.5, 0.6) is 0 Å². The smallest absolute Gasteiger partial charge is 0.234 e. The SMILES string of the molecule is CCC1CC1NCC(=O)NC1CCCCCC1. The number of carbonyl (C=O) groups excluding carboxylic acids is 1. The van der Waals surface area contributed by atoms with Crippen molar-refractivity contribution in [3.63, 3.8) is 0 Å². The van der Waals surface area contributed by atoms with Gasteiger partial charge in [-0.1, -0.05) is 39.0 Å². The average molecular weight is 238 g/mol. The molecule has 0 aliphatic heterocycles. The summed E-state index contributed by atoms with van der Waals surface area (Å²) in [7, 11) is 0. The molecular formula is C14H26N2O. The highest BCUT2D eigenvalue weighted by atomic mass is 16.2. The highest BCUT2D eigenvalue weighted by Gasteiger charge is 2.34. The first kappa shape index (κ1) is 12.9. The molecule has 0 saturated heterocycles. The Kier molecular flexibility index (Phi) is 4.84. The van der Waals surface area contributed by atoms with E-state index >= 15 is 0 Å². The Morgan fingerprint density at radius 2 is 1.88 bits per heavy atom. The molecule has 0 spiro atoms. The predicted molar refractivity (Wildman–Crippen MR) is 69.8 cm³/mol. The monoisotopic (exact) mass is 238 g/mol. The maximum atomic E-state index is 11.8. The minimum absolute atomic E-state index is 0.193. The van der Waals surface area contributed by atoms with Gasteiger partial charge in [-0.25, -0.2) is 0 Å². The molecule has 2 aliphatic rings. The van der Waals surface area contributed by atoms with E-state index in [1.54, 1.807) is 0 Å². The van der Waals surface area contributed by atoms with E-state index in [1.807, 2.05) is 0 Å². The van der Waals surface area contributed by atoms with Crippen molar-refractivity contribution in [3.05, 3.63) is 0 Å². The van der Waals surface area contributed by atoms with Crippen LogP contribution in [0.1, 0.15) is 58.3 Å². The van der Waals surface area contributed by atoms with E-state index in [2.05, 4.69) is 17.6 Å². The first-order valence-corrected chi connectivity index (χ1v) is 7.32. The molecule has 2 unspecified atom stereocenters. The topological polar surface area (TPSA) is 41.1 Å². The number of amides is 1. The Hall–Kier alpha value is -0.570. The zero-order valence-corrected chi connectivity index (χ0v) is 11.0. The zero-order valence-electron chi connectivity index (χ0n) is 11.0. The van der Waals surface area contributed by atoms with Gasteiger partial charge in [0.15, 0.2) is 0 Å². The van der Waals surface area contributed by atoms with Crippen LogP contribution in [0.25, 0.3) is 0 Å². The molecule has 2 atom stereocenters. The minimum Gasteiger partial charge on any atom is -0.352 e. The van der Waals surface area contributed by atoms with Crippen molar-refractivity contribution >= 4 is 5.91 Å². The van der Waals surface area contributed by atoms with E-state index in [1.165, 1.54) is 51.4 Å². The van der Waals surface area contributed by atoms with Crippen LogP contribution in [0.4, 0.5) is 0 Å². The molecule has 0 radical (unpaired) electrons. The largest absolute Gasteiger partial charge is 0.352 e. The molecule has 0 bridgehead atoms. The second kappa shape index (κ2) is 6.39. The summed E-state index contributed by atoms with van der Waals surface area (Å²) in [5, 5.41) is 6.52. The lowest BCUT2D eigenvalue weighted by Gasteiger charge is -2.16. The summed E-state index contributed by atoms with van der Waals surface area (Å²) in [6.45, 7) is 2.73. The van der Waals surface area contributed by atoms with Crippen LogP contribution in [0.2, 0.25) is 0 Å². The Balaban J connectivity index is 1.59. The molecule has 17 heavy (non-hydrogen) atoms. The molecule has 2 rings (SSSR count). The minimum atomic E-state index is 0.193. The highest BCUT2D eigenvalue weighted by Crippen LogP contribution is 2.32. The molecule has 0 aromatic heterocycles. The van der Waals surface area contributed by atoms with Gasteiger partial charge in [0.05, 0.1) is 6.54 Å². The van der Waals surface area contributed by atoms with Crippen LogP contribution in [-0.2, 0) is 4.79 Å². The number of hydrogen-bond acceptors (Lipinski definition) is 2. The van der Waals surface area contributed by atoms with Gasteiger partial charge in [0.2, 0.25) is 5.91 Å². The molecule has 98 valence electrons. The third kappa shape index (κ3) is 4.30. The summed E-state index contributed by atoms with van der Waals surface area (Å²) in [6, 6.07) is 1.05. The number of hydrogen-bond donors (Lipinski definition) is 2. The van der Waals surface area contributed by atoms with Crippen LogP contribution < -0.4 is 10.6 Å². The lowest BCUT2D eigenvalue weighted by Crippen LogP contribution is -2.41. The lowest BCUT2D eigenvalue weighted by atomic mass is 10.1. The maximum absolute atomic E-state index is 11.8. The van der Waals surface area contributed by atoms with Gasteiger partial charge < -0.3 is 10.6 Å². The summed E-state index contributed by atoms with van der Waals surface area (Å²) in [5.41, 5.74) is 0. The molecule has 3 nitrogen and oxygen atoms in total. The van der Waals surface area contributed by atoms with Crippen molar-refractivity contribution in [2.75, 3.05) is 6.54 Å². The van der Waals surface area contributed by atoms with E-state index < -0.39 is 0 Å². The molecule has 2 aliphatic carbocycles. The molecule has 2 N–H and O–H groups in total. The summed E-state index contributed by atoms with van der Waals surface area (Å²) in [6.07, 6.45) is 10.1. The van der Waals surface area contributed by atoms with Crippen molar-refractivity contribution in [2.24, 2.45) is 5.92 Å². The van der Waals surface area contributed by atoms with Crippen LogP contribution in [0, 0.1) is 5.92 Å². The maximum Gasteiger partial charge on any atom is 0.234 e. The highest BCUT2D eigenvalue weighted by molar-refractivity contribution is 5.78. The molecule has 1 amide bonds. The van der Waals surface area contributed by atoms with Crippen molar-refractivity contribution in [2.45, 2.75) is 70.4 Å². The second-order valence-electron chi connectivity index (χ2n) is 5.65. The van der Waals surface area contributed by atoms with Gasteiger partial charge in [-0.15, -0.1) is 0 Å². The third-order valence-electron chi connectivity index (χ3n) is 4.19. The second-order valence-corrected chi connectivity index (χ2v) is 5.65. The summed E-state index contributed by atoms with van der Waals surface area (Å²) in [4.78, 5) is 11.8. The fraction of sp³-hybridized carbons (Fsp3) is 0.929. The van der Waals surface area contributed by atoms with Gasteiger partial charge in [0.25, 0.3) is 0 Å². The molecule has 3 heteroatoms. The van der Waals surface area contributed by atoms with Crippen molar-refractivity contribution in [1.29, 1.82) is 0 Å². The fourth-order valence-corrected chi connectivity index (χ4v) is 2.87. The Morgan fingerprint density at radius 1 is 1.18 bits per heavy atom. The molecule has 0 aromatic rings. The van der Waals surface area contributed by atoms with Crippen LogP contribution in [-0.4, -0.2) is 24.5 Å². The normalized spacial score (nSPS) is 29.7. The van der Waals surface area contributed by atoms with Crippen molar-refractivity contribution in [3.8, 4) is 0 Å². The lowest BCUT2D eigenvalue weighted by molar-refractivity contribution is -0.121. The first-order valence-electron chi connectivity index (χ1n) is 7.32. The standard InChI is InChI=1S/C14H26N2O/c1-2-11-9-13(11)15-10-14(17)16-12-7-5-3-4-6-8-12/h11-13,15H,2-10H2,1H3,(H,16,17). The quantitative estimate of drug-likeness (QED) is 0.721. The van der Waals surface area contributed by atoms with Gasteiger partial charge >= 0.3 is 0 Å². The van der Waals surface area contributed by atoms with Crippen molar-refractivity contribution in [1.82, 2.24) is 10.6 Å². The summed E-state index contributed by atoms with van der Waals surface area (Å²) >= 11 is 0. The third-order valence-corrected chi connectivity index (χ3v) is 4.19. The van der Waals surface area contributed by atoms with Gasteiger partial charge in [-0.3, -0.25) is 4.79 Å². The molecule has 0 aromatic carbocycles. The van der Waals surface area contributed by atoms with E-state index in [0.717, 1.165) is 5.92 Å². The van der Waals surface area contributed by atoms with Crippen LogP contribution >= 0.6 is 0 Å². The molecular weight excluding hydrogens is 212 g/mol. The molecule has 2 fully saturated rings. The Morgan fingerprint density at radius 3 is 2.47 bits per heavy atom. The van der Waals surface area contributed by atoms with Gasteiger partial charge in [-0.2, -0.15) is 0 Å². The number of nitrogens with one attached hydrogen (secondary N) is 2. The zero-order chi connectivity index (χ0) is 12.1. The predicted octanol–water partition coefficient (Wildman–Crippen LogP) is 2.21. The first-order chi connectivity index (χ1) is 8.29. The number of rotatable bonds is 5. The van der Waals surface area contributed by atoms with E-state index in [-0.39, 0.29) is 5.91 Å². The summed E-state index contributed by atoms with van der Waals surface area (Å²) in [5.74, 6) is 1.01. The molecule has 0 heterocycles. The molecule has 2 saturated carbocycles. The average Bonchev–Trinajstić information content (AvgIpc) is 3.10. The van der Waals surface area contributed by atoms with Gasteiger partial charge in [0, 0.05) is 12.1 Å². The van der Waals surface area contributed by atoms with E-state index in [4.69, 9.17) is 0 Å². The van der Waals surface area contributed by atoms with E-state index in [9.17, 15) is 4.79 Å². The van der Waals surface area contributed by atoms with Crippen molar-refractivity contribution < 1.29 is 4.79 Å². The van der Waals surface area contributed by atoms with Crippen LogP contribution in [0.3, 0.4) is 0 Å². The van der Waals surface area contributed by atoms with E-state index in [0.29, 0.717) is 18.6 Å². The Labute approximate surface area is 105 Å². The fourth-order valence-electron chi connectivity index (χ4n) is 2.87. The Bertz CT molecular complexity index is 247. The summed E-state index contributed by atoms with van der Waals surface area (Å²) < 4.78 is 0. The number of carbonyl (C=O) groups is 1. The van der Waals surface area contributed by atoms with Crippen LogP contribution in [0.15, 0.2) is 0 Å². The van der Waals surface area contributed by atoms with Gasteiger partial charge in [0.1, 0.15) is 0 Å².